The van der Waals surface area contributed by atoms with Crippen LogP contribution in [-0.4, -0.2) is 39.6 Å². The number of ether oxygens (including phenoxy) is 2. The van der Waals surface area contributed by atoms with E-state index in [-0.39, 0.29) is 13.4 Å². The zero-order valence-corrected chi connectivity index (χ0v) is 41.4. The Kier molecular flexibility index (Phi) is 8.79. The lowest BCUT2D eigenvalue weighted by atomic mass is 9.30. The second-order valence-electron chi connectivity index (χ2n) is 21.8. The van der Waals surface area contributed by atoms with E-state index in [1.54, 1.807) is 0 Å². The predicted octanol–water partition coefficient (Wildman–Crippen LogP) is 11.2. The summed E-state index contributed by atoms with van der Waals surface area (Å²) in [5.74, 6) is 3.96. The van der Waals surface area contributed by atoms with Crippen molar-refractivity contribution in [3.63, 3.8) is 0 Å². The van der Waals surface area contributed by atoms with Crippen molar-refractivity contribution < 1.29 is 9.47 Å². The van der Waals surface area contributed by atoms with Crippen LogP contribution >= 0.6 is 0 Å². The van der Waals surface area contributed by atoms with Crippen LogP contribution in [0.5, 0.6) is 23.0 Å². The van der Waals surface area contributed by atoms with Gasteiger partial charge in [0.25, 0.3) is 13.4 Å². The molecule has 0 fully saturated rings. The second-order valence-corrected chi connectivity index (χ2v) is 21.8. The highest BCUT2D eigenvalue weighted by Crippen LogP contribution is 2.54. The van der Waals surface area contributed by atoms with Crippen molar-refractivity contribution >= 4 is 91.7 Å². The molecular weight excluding hydrogens is 902 g/mol. The van der Waals surface area contributed by atoms with Gasteiger partial charge in [-0.2, -0.15) is 0 Å². The fourth-order valence-corrected chi connectivity index (χ4v) is 15.0. The van der Waals surface area contributed by atoms with Gasteiger partial charge in [-0.3, -0.25) is 0 Å². The molecule has 354 valence electrons. The molecule has 0 N–H and O–H groups in total. The summed E-state index contributed by atoms with van der Waals surface area (Å²) >= 11 is 0. The van der Waals surface area contributed by atoms with Crippen LogP contribution in [-0.2, 0) is 25.7 Å². The monoisotopic (exact) mass is 954 g/mol. The molecule has 8 aliphatic rings. The third-order valence-corrected chi connectivity index (χ3v) is 17.9. The summed E-state index contributed by atoms with van der Waals surface area (Å²) in [7, 11) is 0. The van der Waals surface area contributed by atoms with E-state index in [9.17, 15) is 0 Å². The Labute approximate surface area is 433 Å². The van der Waals surface area contributed by atoms with Crippen LogP contribution in [0.1, 0.15) is 47.9 Å². The molecule has 9 aromatic rings. The zero-order chi connectivity index (χ0) is 48.2. The molecule has 0 spiro atoms. The molecule has 17 rings (SSSR count). The van der Waals surface area contributed by atoms with Crippen molar-refractivity contribution in [2.24, 2.45) is 0 Å². The Bertz CT molecular complexity index is 3600. The van der Waals surface area contributed by atoms with Crippen molar-refractivity contribution in [3.8, 4) is 45.3 Å². The van der Waals surface area contributed by atoms with Crippen LogP contribution in [0.3, 0.4) is 0 Å². The van der Waals surface area contributed by atoms with Crippen LogP contribution in [0, 0.1) is 0 Å². The normalized spacial score (nSPS) is 16.6. The fourth-order valence-electron chi connectivity index (χ4n) is 15.0. The Hall–Kier alpha value is -8.09. The predicted molar refractivity (Wildman–Crippen MR) is 307 cm³/mol. The molecule has 74 heavy (non-hydrogen) atoms. The molecule has 0 saturated heterocycles. The molecule has 0 bridgehead atoms. The van der Waals surface area contributed by atoms with Gasteiger partial charge < -0.3 is 29.1 Å². The van der Waals surface area contributed by atoms with Gasteiger partial charge in [-0.25, -0.2) is 0 Å². The number of hydrogen-bond acceptors (Lipinski definition) is 6. The summed E-state index contributed by atoms with van der Waals surface area (Å²) in [4.78, 5) is 10.6. The first kappa shape index (κ1) is 41.4. The third kappa shape index (κ3) is 5.74. The van der Waals surface area contributed by atoms with Crippen molar-refractivity contribution in [3.05, 3.63) is 192 Å². The molecule has 8 heterocycles. The highest BCUT2D eigenvalue weighted by Gasteiger charge is 2.51. The highest BCUT2D eigenvalue weighted by molar-refractivity contribution is 7.02. The van der Waals surface area contributed by atoms with E-state index < -0.39 is 0 Å². The van der Waals surface area contributed by atoms with Gasteiger partial charge in [-0.05, 0) is 154 Å². The van der Waals surface area contributed by atoms with Gasteiger partial charge in [-0.1, -0.05) is 127 Å². The number of para-hydroxylation sites is 2. The van der Waals surface area contributed by atoms with Crippen LogP contribution < -0.4 is 61.9 Å². The fraction of sp³-hybridized carbons (Fsp3) is 0.182. The molecule has 0 unspecified atom stereocenters. The minimum atomic E-state index is -0.0591. The summed E-state index contributed by atoms with van der Waals surface area (Å²) in [5.41, 5.74) is 28.6. The maximum absolute atomic E-state index is 7.68. The number of rotatable bonds is 4. The summed E-state index contributed by atoms with van der Waals surface area (Å²) in [6.07, 6.45) is 8.65. The molecule has 0 saturated carbocycles. The molecule has 8 aliphatic heterocycles. The van der Waals surface area contributed by atoms with Gasteiger partial charge in [-0.15, -0.1) is 0 Å². The SMILES string of the molecule is c1ccc(-c2ccc3c(c2)N(c2ccccc2)c2c4c5c(c6c2B3c2cc3c(cc2O6)Oc2c6c7c(c8c2B3c2ccc(-c3ccccc3)cc2N8c2ccccc2)CCCN7CCC6)CCCN5CCC4)cc1. The van der Waals surface area contributed by atoms with Gasteiger partial charge in [0.1, 0.15) is 23.0 Å². The van der Waals surface area contributed by atoms with Crippen LogP contribution in [0.2, 0.25) is 0 Å². The number of hydrogen-bond donors (Lipinski definition) is 0. The molecule has 6 nitrogen and oxygen atoms in total. The van der Waals surface area contributed by atoms with E-state index in [2.05, 4.69) is 189 Å². The van der Waals surface area contributed by atoms with Crippen LogP contribution in [0.15, 0.2) is 170 Å². The summed E-state index contributed by atoms with van der Waals surface area (Å²) < 4.78 is 15.4. The molecule has 8 heteroatoms. The second kappa shape index (κ2) is 15.7. The smallest absolute Gasteiger partial charge is 0.256 e. The average Bonchev–Trinajstić information content (AvgIpc) is 3.47. The number of fused-ring (bicyclic) bond motifs is 12. The van der Waals surface area contributed by atoms with Gasteiger partial charge in [0.05, 0.1) is 11.4 Å². The van der Waals surface area contributed by atoms with E-state index in [0.29, 0.717) is 0 Å². The van der Waals surface area contributed by atoms with Gasteiger partial charge in [0.15, 0.2) is 0 Å². The Balaban J connectivity index is 0.955. The third-order valence-electron chi connectivity index (χ3n) is 17.9. The molecule has 0 amide bonds. The zero-order valence-electron chi connectivity index (χ0n) is 41.4. The highest BCUT2D eigenvalue weighted by atomic mass is 16.5. The van der Waals surface area contributed by atoms with Gasteiger partial charge in [0, 0.05) is 77.5 Å². The minimum Gasteiger partial charge on any atom is -0.458 e. The molecule has 0 radical (unpaired) electrons. The van der Waals surface area contributed by atoms with Crippen molar-refractivity contribution in [2.75, 3.05) is 45.8 Å². The van der Waals surface area contributed by atoms with Gasteiger partial charge in [0.2, 0.25) is 0 Å². The largest absolute Gasteiger partial charge is 0.458 e. The molecular formula is C66H52B2N4O2. The van der Waals surface area contributed by atoms with E-state index in [1.165, 1.54) is 123 Å². The van der Waals surface area contributed by atoms with Gasteiger partial charge >= 0.3 is 0 Å². The lowest BCUT2D eigenvalue weighted by Crippen LogP contribution is -2.64. The first-order chi connectivity index (χ1) is 36.7. The standard InChI is InChI=1S/C66H52B2N4O2/c1-5-17-41(18-6-1)43-29-31-51-55(37-43)71(45-21-9-3-10-22-45)63-47-25-13-33-69-35-15-27-49(61(47)69)65-59(63)67(51)53-39-54-58(40-57(53)73-65)74-66-50-28-16-36-70-34-14-26-48(62(50)70)64-60(66)68(54)52-32-30-44(42-19-7-2-8-20-42)38-56(52)72(64)46-23-11-4-12-24-46/h1-12,17-24,29-32,37-40H,13-16,25-28,33-36H2. The van der Waals surface area contributed by atoms with Crippen molar-refractivity contribution in [1.29, 1.82) is 0 Å². The topological polar surface area (TPSA) is 31.4 Å². The van der Waals surface area contributed by atoms with Crippen molar-refractivity contribution in [1.82, 2.24) is 0 Å². The Morgan fingerprint density at radius 2 is 0.730 bits per heavy atom. The minimum absolute atomic E-state index is 0.0591. The van der Waals surface area contributed by atoms with E-state index in [0.717, 1.165) is 101 Å². The lowest BCUT2D eigenvalue weighted by molar-refractivity contribution is 0.455. The number of benzene rings is 9. The lowest BCUT2D eigenvalue weighted by Gasteiger charge is -2.48. The Morgan fingerprint density at radius 1 is 0.338 bits per heavy atom. The number of anilines is 8. The van der Waals surface area contributed by atoms with Crippen LogP contribution in [0.4, 0.5) is 45.5 Å². The molecule has 0 atom stereocenters. The first-order valence-electron chi connectivity index (χ1n) is 27.3. The van der Waals surface area contributed by atoms with Crippen LogP contribution in [0.25, 0.3) is 22.3 Å². The molecule has 0 aromatic heterocycles. The average molecular weight is 955 g/mol. The van der Waals surface area contributed by atoms with E-state index in [1.807, 2.05) is 0 Å². The summed E-state index contributed by atoms with van der Waals surface area (Å²) in [5, 5.41) is 0. The molecule has 9 aromatic carbocycles. The summed E-state index contributed by atoms with van der Waals surface area (Å²) in [6.45, 7) is 4.22. The van der Waals surface area contributed by atoms with E-state index in [4.69, 9.17) is 9.47 Å². The molecule has 0 aliphatic carbocycles. The van der Waals surface area contributed by atoms with E-state index >= 15 is 0 Å². The van der Waals surface area contributed by atoms with Crippen molar-refractivity contribution in [2.45, 2.75) is 51.4 Å². The first-order valence-corrected chi connectivity index (χ1v) is 27.3. The maximum atomic E-state index is 7.68. The number of nitrogens with zero attached hydrogens (tertiary/aromatic N) is 4. The maximum Gasteiger partial charge on any atom is 0.256 e. The Morgan fingerprint density at radius 3 is 1.15 bits per heavy atom. The summed E-state index contributed by atoms with van der Waals surface area (Å²) in [6, 6.07) is 63.6. The quantitative estimate of drug-likeness (QED) is 0.163.